The fourth-order valence-electron chi connectivity index (χ4n) is 1.10. The number of rotatable bonds is 3. The zero-order valence-corrected chi connectivity index (χ0v) is 7.67. The zero-order valence-electron chi connectivity index (χ0n) is 6.78. The maximum atomic E-state index is 11.4. The Bertz CT molecular complexity index is 170. The van der Waals surface area contributed by atoms with Gasteiger partial charge in [0, 0.05) is 20.1 Å². The summed E-state index contributed by atoms with van der Waals surface area (Å²) >= 11 is 0. The molecule has 0 amide bonds. The van der Waals surface area contributed by atoms with Crippen LogP contribution >= 0.6 is 7.60 Å². The van der Waals surface area contributed by atoms with Gasteiger partial charge in [0.05, 0.1) is 19.4 Å². The van der Waals surface area contributed by atoms with E-state index in [4.69, 9.17) is 13.8 Å². The molecular weight excluding hydrogens is 167 g/mol. The summed E-state index contributed by atoms with van der Waals surface area (Å²) in [5.74, 6) is 0.228. The zero-order chi connectivity index (χ0) is 8.32. The number of hydrogen-bond acceptors (Lipinski definition) is 4. The van der Waals surface area contributed by atoms with Gasteiger partial charge in [-0.25, -0.2) is 0 Å². The van der Waals surface area contributed by atoms with Gasteiger partial charge < -0.3 is 13.8 Å². The van der Waals surface area contributed by atoms with Crippen LogP contribution in [-0.2, 0) is 18.3 Å². The molecule has 1 aliphatic rings. The molecule has 0 bridgehead atoms. The van der Waals surface area contributed by atoms with Crippen molar-refractivity contribution in [2.75, 3.05) is 33.6 Å². The third-order valence-electron chi connectivity index (χ3n) is 1.67. The lowest BCUT2D eigenvalue weighted by atomic mass is 10.2. The van der Waals surface area contributed by atoms with Gasteiger partial charge in [0.2, 0.25) is 0 Å². The van der Waals surface area contributed by atoms with Crippen LogP contribution in [0.15, 0.2) is 0 Å². The lowest BCUT2D eigenvalue weighted by Crippen LogP contribution is -2.09. The lowest BCUT2D eigenvalue weighted by molar-refractivity contribution is 0.143. The summed E-state index contributed by atoms with van der Waals surface area (Å²) in [4.78, 5) is 0. The third kappa shape index (κ3) is 2.27. The minimum absolute atomic E-state index is 0.228. The van der Waals surface area contributed by atoms with Crippen LogP contribution in [-0.4, -0.2) is 33.6 Å². The highest BCUT2D eigenvalue weighted by molar-refractivity contribution is 7.54. The topological polar surface area (TPSA) is 44.8 Å². The summed E-state index contributed by atoms with van der Waals surface area (Å²) < 4.78 is 26.0. The SMILES string of the molecule is COCC1COP(=O)(OC)C1. The molecule has 0 aromatic heterocycles. The van der Waals surface area contributed by atoms with Gasteiger partial charge in [0.15, 0.2) is 0 Å². The van der Waals surface area contributed by atoms with E-state index >= 15 is 0 Å². The number of hydrogen-bond donors (Lipinski definition) is 0. The van der Waals surface area contributed by atoms with E-state index in [1.165, 1.54) is 7.11 Å². The molecule has 1 saturated heterocycles. The van der Waals surface area contributed by atoms with Gasteiger partial charge in [-0.05, 0) is 0 Å². The molecule has 0 radical (unpaired) electrons. The maximum absolute atomic E-state index is 11.4. The van der Waals surface area contributed by atoms with Crippen molar-refractivity contribution in [2.45, 2.75) is 0 Å². The molecule has 0 aromatic carbocycles. The standard InChI is InChI=1S/C6H13O4P/c1-8-3-6-4-10-11(7,5-6)9-2/h6H,3-5H2,1-2H3. The van der Waals surface area contributed by atoms with Crippen LogP contribution in [0.5, 0.6) is 0 Å². The number of ether oxygens (including phenoxy) is 1. The van der Waals surface area contributed by atoms with Crippen molar-refractivity contribution in [1.82, 2.24) is 0 Å². The molecule has 1 rings (SSSR count). The van der Waals surface area contributed by atoms with Gasteiger partial charge in [0.1, 0.15) is 0 Å². The van der Waals surface area contributed by atoms with Gasteiger partial charge >= 0.3 is 7.60 Å². The van der Waals surface area contributed by atoms with Crippen molar-refractivity contribution >= 4 is 7.60 Å². The van der Waals surface area contributed by atoms with Crippen molar-refractivity contribution < 1.29 is 18.3 Å². The monoisotopic (exact) mass is 180 g/mol. The smallest absolute Gasteiger partial charge is 0.330 e. The highest BCUT2D eigenvalue weighted by Crippen LogP contribution is 2.53. The molecule has 5 heteroatoms. The first-order valence-corrected chi connectivity index (χ1v) is 5.21. The molecule has 0 N–H and O–H groups in total. The van der Waals surface area contributed by atoms with Crippen LogP contribution in [0.4, 0.5) is 0 Å². The fourth-order valence-corrected chi connectivity index (χ4v) is 2.75. The molecule has 0 saturated carbocycles. The molecule has 1 aliphatic heterocycles. The molecule has 2 unspecified atom stereocenters. The van der Waals surface area contributed by atoms with E-state index in [1.807, 2.05) is 0 Å². The fraction of sp³-hybridized carbons (Fsp3) is 1.00. The van der Waals surface area contributed by atoms with Crippen molar-refractivity contribution in [2.24, 2.45) is 5.92 Å². The minimum Gasteiger partial charge on any atom is -0.384 e. The molecular formula is C6H13O4P. The van der Waals surface area contributed by atoms with Crippen molar-refractivity contribution in [3.05, 3.63) is 0 Å². The Balaban J connectivity index is 2.40. The Labute approximate surface area is 66.4 Å². The van der Waals surface area contributed by atoms with Crippen LogP contribution in [0.3, 0.4) is 0 Å². The van der Waals surface area contributed by atoms with Crippen molar-refractivity contribution in [1.29, 1.82) is 0 Å². The maximum Gasteiger partial charge on any atom is 0.330 e. The van der Waals surface area contributed by atoms with E-state index in [0.29, 0.717) is 19.4 Å². The molecule has 66 valence electrons. The highest BCUT2D eigenvalue weighted by Gasteiger charge is 2.35. The number of methoxy groups -OCH3 is 1. The van der Waals surface area contributed by atoms with E-state index in [9.17, 15) is 4.57 Å². The largest absolute Gasteiger partial charge is 0.384 e. The predicted molar refractivity (Wildman–Crippen MR) is 40.8 cm³/mol. The van der Waals surface area contributed by atoms with Crippen LogP contribution in [0, 0.1) is 5.92 Å². The minimum atomic E-state index is -2.72. The van der Waals surface area contributed by atoms with Gasteiger partial charge in [-0.3, -0.25) is 4.57 Å². The van der Waals surface area contributed by atoms with Gasteiger partial charge in [-0.1, -0.05) is 0 Å². The normalized spacial score (nSPS) is 37.8. The molecule has 11 heavy (non-hydrogen) atoms. The molecule has 0 aliphatic carbocycles. The van der Waals surface area contributed by atoms with E-state index < -0.39 is 7.60 Å². The Morgan fingerprint density at radius 1 is 1.64 bits per heavy atom. The van der Waals surface area contributed by atoms with E-state index in [2.05, 4.69) is 0 Å². The van der Waals surface area contributed by atoms with Gasteiger partial charge in [0.25, 0.3) is 0 Å². The van der Waals surface area contributed by atoms with Crippen molar-refractivity contribution in [3.63, 3.8) is 0 Å². The molecule has 0 spiro atoms. The van der Waals surface area contributed by atoms with E-state index in [0.717, 1.165) is 0 Å². The van der Waals surface area contributed by atoms with Crippen LogP contribution in [0.2, 0.25) is 0 Å². The second-order valence-electron chi connectivity index (χ2n) is 2.59. The van der Waals surface area contributed by atoms with Crippen LogP contribution < -0.4 is 0 Å². The highest BCUT2D eigenvalue weighted by atomic mass is 31.2. The average Bonchev–Trinajstić information content (AvgIpc) is 2.35. The summed E-state index contributed by atoms with van der Waals surface area (Å²) in [5, 5.41) is 0. The molecule has 2 atom stereocenters. The average molecular weight is 180 g/mol. The van der Waals surface area contributed by atoms with Gasteiger partial charge in [-0.15, -0.1) is 0 Å². The summed E-state index contributed by atoms with van der Waals surface area (Å²) in [5.41, 5.74) is 0. The lowest BCUT2D eigenvalue weighted by Gasteiger charge is -2.06. The summed E-state index contributed by atoms with van der Waals surface area (Å²) in [6.07, 6.45) is 0.483. The second kappa shape index (κ2) is 3.68. The van der Waals surface area contributed by atoms with E-state index in [-0.39, 0.29) is 5.92 Å². The van der Waals surface area contributed by atoms with Crippen LogP contribution in [0.25, 0.3) is 0 Å². The predicted octanol–water partition coefficient (Wildman–Crippen LogP) is 1.12. The third-order valence-corrected chi connectivity index (χ3v) is 3.73. The van der Waals surface area contributed by atoms with Crippen LogP contribution in [0.1, 0.15) is 0 Å². The summed E-state index contributed by atoms with van der Waals surface area (Å²) in [7, 11) is 0.317. The van der Waals surface area contributed by atoms with Gasteiger partial charge in [-0.2, -0.15) is 0 Å². The first kappa shape index (κ1) is 9.20. The summed E-state index contributed by atoms with van der Waals surface area (Å²) in [6, 6.07) is 0. The molecule has 1 fully saturated rings. The second-order valence-corrected chi connectivity index (χ2v) is 4.80. The Kier molecular flexibility index (Phi) is 3.07. The molecule has 0 aromatic rings. The van der Waals surface area contributed by atoms with E-state index in [1.54, 1.807) is 7.11 Å². The Morgan fingerprint density at radius 2 is 2.36 bits per heavy atom. The quantitative estimate of drug-likeness (QED) is 0.610. The Hall–Kier alpha value is 0.110. The summed E-state index contributed by atoms with van der Waals surface area (Å²) in [6.45, 7) is 1.08. The first-order valence-electron chi connectivity index (χ1n) is 3.48. The Morgan fingerprint density at radius 3 is 2.82 bits per heavy atom. The van der Waals surface area contributed by atoms with Crippen molar-refractivity contribution in [3.8, 4) is 0 Å². The molecule has 4 nitrogen and oxygen atoms in total. The molecule has 1 heterocycles. The first-order chi connectivity index (χ1) is 5.20.